The van der Waals surface area contributed by atoms with Gasteiger partial charge in [0.15, 0.2) is 0 Å². The minimum absolute atomic E-state index is 0.108. The number of rotatable bonds is 1. The van der Waals surface area contributed by atoms with Gasteiger partial charge in [0.1, 0.15) is 11.8 Å². The topological polar surface area (TPSA) is 36.7 Å². The monoisotopic (exact) mass is 248 g/mol. The molecule has 1 heterocycles. The first-order valence-corrected chi connectivity index (χ1v) is 5.05. The van der Waals surface area contributed by atoms with Gasteiger partial charge in [0.05, 0.1) is 5.56 Å². The van der Waals surface area contributed by atoms with Gasteiger partial charge in [-0.25, -0.2) is 4.98 Å². The van der Waals surface area contributed by atoms with Crippen molar-refractivity contribution in [3.8, 4) is 17.2 Å². The average Bonchev–Trinajstić information content (AvgIpc) is 2.38. The van der Waals surface area contributed by atoms with E-state index in [1.54, 1.807) is 12.1 Å². The Hall–Kier alpha value is -2.35. The zero-order chi connectivity index (χ0) is 13.2. The van der Waals surface area contributed by atoms with Crippen molar-refractivity contribution in [3.05, 3.63) is 53.9 Å². The minimum Gasteiger partial charge on any atom is -0.245 e. The van der Waals surface area contributed by atoms with E-state index < -0.39 is 11.7 Å². The lowest BCUT2D eigenvalue weighted by atomic mass is 10.0. The first-order valence-electron chi connectivity index (χ1n) is 5.05. The molecule has 0 atom stereocenters. The predicted octanol–water partition coefficient (Wildman–Crippen LogP) is 3.64. The molecule has 5 heteroatoms. The molecule has 0 unspecified atom stereocenters. The van der Waals surface area contributed by atoms with Crippen LogP contribution in [0.3, 0.4) is 0 Å². The van der Waals surface area contributed by atoms with E-state index >= 15 is 0 Å². The summed E-state index contributed by atoms with van der Waals surface area (Å²) >= 11 is 0. The van der Waals surface area contributed by atoms with Gasteiger partial charge in [-0.1, -0.05) is 12.1 Å². The van der Waals surface area contributed by atoms with Crippen molar-refractivity contribution in [2.24, 2.45) is 0 Å². The highest BCUT2D eigenvalue weighted by atomic mass is 19.4. The quantitative estimate of drug-likeness (QED) is 0.772. The van der Waals surface area contributed by atoms with E-state index in [1.807, 2.05) is 6.07 Å². The van der Waals surface area contributed by atoms with Crippen LogP contribution in [0.4, 0.5) is 13.2 Å². The van der Waals surface area contributed by atoms with Crippen molar-refractivity contribution < 1.29 is 13.2 Å². The fourth-order valence-electron chi connectivity index (χ4n) is 1.59. The lowest BCUT2D eigenvalue weighted by molar-refractivity contribution is -0.137. The smallest absolute Gasteiger partial charge is 0.245 e. The fourth-order valence-corrected chi connectivity index (χ4v) is 1.59. The fraction of sp³-hybridized carbons (Fsp3) is 0.0769. The van der Waals surface area contributed by atoms with Crippen LogP contribution in [0.15, 0.2) is 42.6 Å². The molecule has 0 radical (unpaired) electrons. The van der Waals surface area contributed by atoms with Gasteiger partial charge in [0.2, 0.25) is 0 Å². The Kier molecular flexibility index (Phi) is 3.02. The molecule has 1 aromatic carbocycles. The van der Waals surface area contributed by atoms with Crippen molar-refractivity contribution in [2.45, 2.75) is 6.18 Å². The van der Waals surface area contributed by atoms with Crippen molar-refractivity contribution >= 4 is 0 Å². The first kappa shape index (κ1) is 12.1. The molecule has 18 heavy (non-hydrogen) atoms. The summed E-state index contributed by atoms with van der Waals surface area (Å²) in [4.78, 5) is 3.82. The molecule has 2 aromatic rings. The highest BCUT2D eigenvalue weighted by molar-refractivity contribution is 5.69. The summed E-state index contributed by atoms with van der Waals surface area (Å²) in [5.74, 6) is 0. The Balaban J connectivity index is 2.56. The Morgan fingerprint density at radius 2 is 1.89 bits per heavy atom. The van der Waals surface area contributed by atoms with Crippen LogP contribution in [0, 0.1) is 11.3 Å². The third-order valence-electron chi connectivity index (χ3n) is 2.41. The Morgan fingerprint density at radius 3 is 2.56 bits per heavy atom. The molecule has 0 fully saturated rings. The standard InChI is InChI=1S/C13H7F3N2/c14-13(15,16)10-4-1-3-9(7-10)11-5-2-6-18-12(11)8-17/h1-7H. The van der Waals surface area contributed by atoms with Crippen LogP contribution >= 0.6 is 0 Å². The number of benzene rings is 1. The molecular formula is C13H7F3N2. The number of nitriles is 1. The van der Waals surface area contributed by atoms with Crippen LogP contribution in [0.5, 0.6) is 0 Å². The average molecular weight is 248 g/mol. The number of aromatic nitrogens is 1. The van der Waals surface area contributed by atoms with Crippen LogP contribution in [0.25, 0.3) is 11.1 Å². The highest BCUT2D eigenvalue weighted by Gasteiger charge is 2.30. The second kappa shape index (κ2) is 4.49. The third-order valence-corrected chi connectivity index (χ3v) is 2.41. The van der Waals surface area contributed by atoms with Gasteiger partial charge < -0.3 is 0 Å². The number of hydrogen-bond donors (Lipinski definition) is 0. The summed E-state index contributed by atoms with van der Waals surface area (Å²) in [6, 6.07) is 9.85. The molecule has 0 saturated heterocycles. The summed E-state index contributed by atoms with van der Waals surface area (Å²) in [6.45, 7) is 0. The predicted molar refractivity (Wildman–Crippen MR) is 59.4 cm³/mol. The van der Waals surface area contributed by atoms with Gasteiger partial charge in [-0.2, -0.15) is 18.4 Å². The van der Waals surface area contributed by atoms with Crippen molar-refractivity contribution in [1.29, 1.82) is 5.26 Å². The van der Waals surface area contributed by atoms with Gasteiger partial charge >= 0.3 is 6.18 Å². The van der Waals surface area contributed by atoms with E-state index in [9.17, 15) is 13.2 Å². The Labute approximate surface area is 101 Å². The van der Waals surface area contributed by atoms with Gasteiger partial charge in [0, 0.05) is 11.8 Å². The molecule has 0 aliphatic carbocycles. The molecule has 0 bridgehead atoms. The van der Waals surface area contributed by atoms with E-state index in [4.69, 9.17) is 5.26 Å². The largest absolute Gasteiger partial charge is 0.416 e. The van der Waals surface area contributed by atoms with Crippen LogP contribution in [0.1, 0.15) is 11.3 Å². The molecule has 0 saturated carbocycles. The van der Waals surface area contributed by atoms with Gasteiger partial charge in [-0.05, 0) is 29.8 Å². The lowest BCUT2D eigenvalue weighted by Gasteiger charge is -2.09. The van der Waals surface area contributed by atoms with Crippen LogP contribution in [0.2, 0.25) is 0 Å². The first-order chi connectivity index (χ1) is 8.52. The highest BCUT2D eigenvalue weighted by Crippen LogP contribution is 2.32. The maximum Gasteiger partial charge on any atom is 0.416 e. The second-order valence-corrected chi connectivity index (χ2v) is 3.59. The molecule has 2 nitrogen and oxygen atoms in total. The SMILES string of the molecule is N#Cc1ncccc1-c1cccc(C(F)(F)F)c1. The minimum atomic E-state index is -4.40. The molecule has 0 N–H and O–H groups in total. The van der Waals surface area contributed by atoms with Crippen LogP contribution in [-0.4, -0.2) is 4.98 Å². The molecule has 0 aliphatic rings. The summed E-state index contributed by atoms with van der Waals surface area (Å²) in [5, 5.41) is 8.87. The molecule has 0 amide bonds. The normalized spacial score (nSPS) is 11.0. The van der Waals surface area contributed by atoms with E-state index in [0.29, 0.717) is 11.1 Å². The van der Waals surface area contributed by atoms with Crippen molar-refractivity contribution in [3.63, 3.8) is 0 Å². The van der Waals surface area contributed by atoms with E-state index in [2.05, 4.69) is 4.98 Å². The zero-order valence-electron chi connectivity index (χ0n) is 9.07. The summed E-state index contributed by atoms with van der Waals surface area (Å²) in [6.07, 6.45) is -2.97. The van der Waals surface area contributed by atoms with Crippen LogP contribution in [-0.2, 0) is 6.18 Å². The molecule has 0 aliphatic heterocycles. The molecule has 0 spiro atoms. The van der Waals surface area contributed by atoms with E-state index in [0.717, 1.165) is 12.1 Å². The van der Waals surface area contributed by atoms with Gasteiger partial charge in [-0.3, -0.25) is 0 Å². The van der Waals surface area contributed by atoms with Crippen molar-refractivity contribution in [1.82, 2.24) is 4.98 Å². The third kappa shape index (κ3) is 2.33. The maximum atomic E-state index is 12.6. The molecule has 90 valence electrons. The lowest BCUT2D eigenvalue weighted by Crippen LogP contribution is -2.04. The number of pyridine rings is 1. The molecule has 1 aromatic heterocycles. The molecular weight excluding hydrogens is 241 g/mol. The summed E-state index contributed by atoms with van der Waals surface area (Å²) in [5.41, 5.74) is 0.0881. The number of hydrogen-bond acceptors (Lipinski definition) is 2. The van der Waals surface area contributed by atoms with Crippen LogP contribution < -0.4 is 0 Å². The Morgan fingerprint density at radius 1 is 1.11 bits per heavy atom. The number of nitrogens with zero attached hydrogens (tertiary/aromatic N) is 2. The Bertz CT molecular complexity index is 612. The summed E-state index contributed by atoms with van der Waals surface area (Å²) in [7, 11) is 0. The van der Waals surface area contributed by atoms with Crippen molar-refractivity contribution in [2.75, 3.05) is 0 Å². The number of alkyl halides is 3. The number of halogens is 3. The zero-order valence-corrected chi connectivity index (χ0v) is 9.07. The maximum absolute atomic E-state index is 12.6. The van der Waals surface area contributed by atoms with E-state index in [1.165, 1.54) is 18.3 Å². The van der Waals surface area contributed by atoms with E-state index in [-0.39, 0.29) is 5.69 Å². The van der Waals surface area contributed by atoms with Gasteiger partial charge in [0.25, 0.3) is 0 Å². The second-order valence-electron chi connectivity index (χ2n) is 3.59. The summed E-state index contributed by atoms with van der Waals surface area (Å²) < 4.78 is 37.8. The molecule has 2 rings (SSSR count). The van der Waals surface area contributed by atoms with Gasteiger partial charge in [-0.15, -0.1) is 0 Å².